The first-order valence-corrected chi connectivity index (χ1v) is 5.69. The molecule has 1 unspecified atom stereocenters. The van der Waals surface area contributed by atoms with Crippen molar-refractivity contribution in [3.8, 4) is 0 Å². The number of carbonyl (C=O) groups is 2. The van der Waals surface area contributed by atoms with Crippen LogP contribution in [0, 0.1) is 5.92 Å². The van der Waals surface area contributed by atoms with Crippen molar-refractivity contribution < 1.29 is 9.59 Å². The molecule has 5 nitrogen and oxygen atoms in total. The molecular formula is C10H19N3O2S. The van der Waals surface area contributed by atoms with Gasteiger partial charge in [-0.3, -0.25) is 9.59 Å². The minimum Gasteiger partial charge on any atom is -0.393 e. The Hall–Kier alpha value is -1.17. The molecule has 0 aliphatic carbocycles. The third kappa shape index (κ3) is 4.57. The van der Waals surface area contributed by atoms with Gasteiger partial charge in [0.25, 0.3) is 0 Å². The van der Waals surface area contributed by atoms with Crippen molar-refractivity contribution in [1.29, 1.82) is 0 Å². The Balaban J connectivity index is 4.10. The van der Waals surface area contributed by atoms with Crippen LogP contribution in [-0.4, -0.2) is 41.3 Å². The first kappa shape index (κ1) is 14.8. The van der Waals surface area contributed by atoms with E-state index in [1.807, 2.05) is 13.8 Å². The van der Waals surface area contributed by atoms with Crippen LogP contribution in [0.5, 0.6) is 0 Å². The van der Waals surface area contributed by atoms with Gasteiger partial charge in [-0.15, -0.1) is 0 Å². The van der Waals surface area contributed by atoms with Crippen LogP contribution in [0.15, 0.2) is 0 Å². The summed E-state index contributed by atoms with van der Waals surface area (Å²) < 4.78 is 0. The summed E-state index contributed by atoms with van der Waals surface area (Å²) in [4.78, 5) is 24.8. The molecule has 0 heterocycles. The lowest BCUT2D eigenvalue weighted by Crippen LogP contribution is -2.43. The summed E-state index contributed by atoms with van der Waals surface area (Å²) in [5.41, 5.74) is 5.33. The van der Waals surface area contributed by atoms with E-state index in [9.17, 15) is 9.59 Å². The highest BCUT2D eigenvalue weighted by atomic mass is 32.1. The summed E-state index contributed by atoms with van der Waals surface area (Å²) in [7, 11) is 0. The highest BCUT2D eigenvalue weighted by Crippen LogP contribution is 1.95. The molecule has 0 spiro atoms. The van der Waals surface area contributed by atoms with Gasteiger partial charge >= 0.3 is 0 Å². The van der Waals surface area contributed by atoms with E-state index in [0.29, 0.717) is 13.1 Å². The smallest absolute Gasteiger partial charge is 0.241 e. The van der Waals surface area contributed by atoms with Gasteiger partial charge in [0.2, 0.25) is 11.8 Å². The predicted molar refractivity (Wildman–Crippen MR) is 66.9 cm³/mol. The second-order valence-electron chi connectivity index (χ2n) is 3.41. The number of likely N-dealkylation sites (N-methyl/N-ethyl adjacent to an activating group) is 1. The second-order valence-corrected chi connectivity index (χ2v) is 3.88. The third-order valence-corrected chi connectivity index (χ3v) is 2.70. The maximum Gasteiger partial charge on any atom is 0.241 e. The van der Waals surface area contributed by atoms with Gasteiger partial charge in [0.1, 0.15) is 0 Å². The summed E-state index contributed by atoms with van der Waals surface area (Å²) in [6.07, 6.45) is 0. The van der Waals surface area contributed by atoms with Gasteiger partial charge in [-0.25, -0.2) is 0 Å². The number of rotatable bonds is 6. The van der Waals surface area contributed by atoms with Crippen LogP contribution in [0.25, 0.3) is 0 Å². The molecule has 0 aromatic rings. The molecule has 3 N–H and O–H groups in total. The van der Waals surface area contributed by atoms with Crippen LogP contribution in [-0.2, 0) is 9.59 Å². The molecule has 2 amide bonds. The van der Waals surface area contributed by atoms with E-state index in [0.717, 1.165) is 0 Å². The van der Waals surface area contributed by atoms with Gasteiger partial charge < -0.3 is 16.0 Å². The Kier molecular flexibility index (Phi) is 6.64. The highest BCUT2D eigenvalue weighted by molar-refractivity contribution is 7.80. The molecule has 0 saturated carbocycles. The molecule has 0 aromatic heterocycles. The fourth-order valence-electron chi connectivity index (χ4n) is 1.13. The van der Waals surface area contributed by atoms with E-state index in [2.05, 4.69) is 5.32 Å². The van der Waals surface area contributed by atoms with E-state index in [1.54, 1.807) is 11.8 Å². The van der Waals surface area contributed by atoms with Gasteiger partial charge in [-0.05, 0) is 20.8 Å². The first-order valence-electron chi connectivity index (χ1n) is 5.28. The summed E-state index contributed by atoms with van der Waals surface area (Å²) in [6, 6.07) is 0. The van der Waals surface area contributed by atoms with Crippen LogP contribution in [0.2, 0.25) is 0 Å². The zero-order valence-electron chi connectivity index (χ0n) is 9.95. The van der Waals surface area contributed by atoms with E-state index in [-0.39, 0.29) is 23.3 Å². The molecule has 0 radical (unpaired) electrons. The lowest BCUT2D eigenvalue weighted by atomic mass is 10.1. The van der Waals surface area contributed by atoms with Crippen LogP contribution in [0.4, 0.5) is 0 Å². The average molecular weight is 245 g/mol. The standard InChI is InChI=1S/C10H19N3O2S/c1-4-13(5-2)8(14)6-12-10(15)7(3)9(11)16/h7H,4-6H2,1-3H3,(H2,11,16)(H,12,15). The van der Waals surface area contributed by atoms with Crippen LogP contribution >= 0.6 is 12.2 Å². The minimum atomic E-state index is -0.542. The number of hydrogen-bond acceptors (Lipinski definition) is 3. The van der Waals surface area contributed by atoms with Gasteiger partial charge in [0.15, 0.2) is 0 Å². The summed E-state index contributed by atoms with van der Waals surface area (Å²) in [5, 5.41) is 2.52. The maximum absolute atomic E-state index is 11.5. The molecule has 16 heavy (non-hydrogen) atoms. The van der Waals surface area contributed by atoms with Gasteiger partial charge in [0, 0.05) is 13.1 Å². The molecule has 0 fully saturated rings. The van der Waals surface area contributed by atoms with Gasteiger partial charge in [-0.1, -0.05) is 12.2 Å². The van der Waals surface area contributed by atoms with Gasteiger partial charge in [0.05, 0.1) is 17.5 Å². The van der Waals surface area contributed by atoms with Crippen molar-refractivity contribution in [2.75, 3.05) is 19.6 Å². The number of nitrogens with two attached hydrogens (primary N) is 1. The molecule has 6 heteroatoms. The van der Waals surface area contributed by atoms with Crippen molar-refractivity contribution in [3.63, 3.8) is 0 Å². The molecule has 0 rings (SSSR count). The normalized spacial score (nSPS) is 11.7. The summed E-state index contributed by atoms with van der Waals surface area (Å²) >= 11 is 4.69. The number of nitrogens with zero attached hydrogens (tertiary/aromatic N) is 1. The van der Waals surface area contributed by atoms with E-state index in [4.69, 9.17) is 18.0 Å². The first-order chi connectivity index (χ1) is 7.43. The number of carbonyl (C=O) groups excluding carboxylic acids is 2. The fraction of sp³-hybridized carbons (Fsp3) is 0.700. The zero-order valence-corrected chi connectivity index (χ0v) is 10.8. The van der Waals surface area contributed by atoms with Crippen LogP contribution in [0.1, 0.15) is 20.8 Å². The highest BCUT2D eigenvalue weighted by Gasteiger charge is 2.17. The fourth-order valence-corrected chi connectivity index (χ4v) is 1.24. The molecule has 92 valence electrons. The van der Waals surface area contributed by atoms with E-state index >= 15 is 0 Å². The number of amides is 2. The molecular weight excluding hydrogens is 226 g/mol. The van der Waals surface area contributed by atoms with Gasteiger partial charge in [-0.2, -0.15) is 0 Å². The Morgan fingerprint density at radius 2 is 1.88 bits per heavy atom. The second kappa shape index (κ2) is 7.16. The zero-order chi connectivity index (χ0) is 12.7. The summed E-state index contributed by atoms with van der Waals surface area (Å²) in [5.74, 6) is -0.957. The SMILES string of the molecule is CCN(CC)C(=O)CNC(=O)C(C)C(N)=S. The molecule has 0 aliphatic rings. The van der Waals surface area contributed by atoms with E-state index < -0.39 is 5.92 Å². The Morgan fingerprint density at radius 1 is 1.38 bits per heavy atom. The number of thiocarbonyl (C=S) groups is 1. The molecule has 1 atom stereocenters. The van der Waals surface area contributed by atoms with Crippen molar-refractivity contribution in [1.82, 2.24) is 10.2 Å². The average Bonchev–Trinajstić information content (AvgIpc) is 2.26. The molecule has 0 saturated heterocycles. The third-order valence-electron chi connectivity index (χ3n) is 2.35. The topological polar surface area (TPSA) is 75.4 Å². The lowest BCUT2D eigenvalue weighted by Gasteiger charge is -2.19. The molecule has 0 aliphatic heterocycles. The number of hydrogen-bond donors (Lipinski definition) is 2. The Labute approximate surface area is 101 Å². The quantitative estimate of drug-likeness (QED) is 0.640. The molecule has 0 aromatic carbocycles. The largest absolute Gasteiger partial charge is 0.393 e. The Bertz CT molecular complexity index is 277. The van der Waals surface area contributed by atoms with Crippen molar-refractivity contribution in [2.45, 2.75) is 20.8 Å². The minimum absolute atomic E-state index is 0.00648. The van der Waals surface area contributed by atoms with E-state index in [1.165, 1.54) is 0 Å². The monoisotopic (exact) mass is 245 g/mol. The number of nitrogens with one attached hydrogen (secondary N) is 1. The Morgan fingerprint density at radius 3 is 2.25 bits per heavy atom. The van der Waals surface area contributed by atoms with Crippen molar-refractivity contribution in [2.24, 2.45) is 11.7 Å². The maximum atomic E-state index is 11.5. The van der Waals surface area contributed by atoms with Crippen LogP contribution < -0.4 is 11.1 Å². The van der Waals surface area contributed by atoms with Crippen molar-refractivity contribution in [3.05, 3.63) is 0 Å². The predicted octanol–water partition coefficient (Wildman–Crippen LogP) is -0.107. The van der Waals surface area contributed by atoms with Crippen LogP contribution in [0.3, 0.4) is 0 Å². The molecule has 0 bridgehead atoms. The summed E-state index contributed by atoms with van der Waals surface area (Å²) in [6.45, 7) is 6.65. The van der Waals surface area contributed by atoms with Crippen molar-refractivity contribution >= 4 is 29.0 Å². The lowest BCUT2D eigenvalue weighted by molar-refractivity contribution is -0.132.